The molecule has 0 saturated carbocycles. The molecule has 6 heteroatoms. The van der Waals surface area contributed by atoms with Gasteiger partial charge in [0.1, 0.15) is 5.92 Å². The van der Waals surface area contributed by atoms with Crippen molar-refractivity contribution in [3.05, 3.63) is 0 Å². The van der Waals surface area contributed by atoms with Crippen LogP contribution < -0.4 is 5.32 Å². The zero-order valence-corrected chi connectivity index (χ0v) is 10.3. The van der Waals surface area contributed by atoms with Crippen LogP contribution in [0.1, 0.15) is 20.3 Å². The van der Waals surface area contributed by atoms with Crippen molar-refractivity contribution < 1.29 is 19.4 Å². The summed E-state index contributed by atoms with van der Waals surface area (Å²) in [4.78, 5) is 24.4. The summed E-state index contributed by atoms with van der Waals surface area (Å²) in [5.74, 6) is -1.56. The third-order valence-electron chi connectivity index (χ3n) is 2.87. The number of carboxylic acid groups (broad SMARTS) is 1. The molecule has 1 heterocycles. The molecule has 0 aromatic carbocycles. The Morgan fingerprint density at radius 1 is 1.41 bits per heavy atom. The van der Waals surface area contributed by atoms with Gasteiger partial charge in [0.25, 0.3) is 0 Å². The first-order valence-electron chi connectivity index (χ1n) is 5.96. The van der Waals surface area contributed by atoms with Crippen LogP contribution in [0.5, 0.6) is 0 Å². The molecular weight excluding hydrogens is 224 g/mol. The normalized spacial score (nSPS) is 23.4. The van der Waals surface area contributed by atoms with Gasteiger partial charge in [0.2, 0.25) is 0 Å². The van der Waals surface area contributed by atoms with E-state index < -0.39 is 17.9 Å². The number of rotatable bonds is 5. The van der Waals surface area contributed by atoms with E-state index in [-0.39, 0.29) is 19.2 Å². The standard InChI is InChI=1S/C11H20N2O4/c1-3-5-13(4-2)11(16)12-9-7-17-6-8(9)10(14)15/h8-9H,3-7H2,1-2H3,(H,12,16)(H,14,15). The van der Waals surface area contributed by atoms with Gasteiger partial charge in [0, 0.05) is 13.1 Å². The van der Waals surface area contributed by atoms with Crippen LogP contribution in [0, 0.1) is 5.92 Å². The molecule has 2 amide bonds. The summed E-state index contributed by atoms with van der Waals surface area (Å²) in [5.41, 5.74) is 0. The number of nitrogens with one attached hydrogen (secondary N) is 1. The largest absolute Gasteiger partial charge is 0.481 e. The smallest absolute Gasteiger partial charge is 0.317 e. The fourth-order valence-corrected chi connectivity index (χ4v) is 1.86. The number of carbonyl (C=O) groups is 2. The highest BCUT2D eigenvalue weighted by atomic mass is 16.5. The Hall–Kier alpha value is -1.30. The summed E-state index contributed by atoms with van der Waals surface area (Å²) < 4.78 is 5.09. The number of amides is 2. The van der Waals surface area contributed by atoms with E-state index in [0.717, 1.165) is 6.42 Å². The Balaban J connectivity index is 2.52. The lowest BCUT2D eigenvalue weighted by atomic mass is 10.0. The molecule has 0 bridgehead atoms. The van der Waals surface area contributed by atoms with Crippen molar-refractivity contribution in [2.75, 3.05) is 26.3 Å². The molecule has 0 aromatic heterocycles. The van der Waals surface area contributed by atoms with Crippen LogP contribution in [-0.2, 0) is 9.53 Å². The van der Waals surface area contributed by atoms with E-state index in [0.29, 0.717) is 13.1 Å². The summed E-state index contributed by atoms with van der Waals surface area (Å²) in [6, 6.07) is -0.637. The Kier molecular flexibility index (Phi) is 5.21. The average Bonchev–Trinajstić information content (AvgIpc) is 2.73. The Morgan fingerprint density at radius 2 is 2.12 bits per heavy atom. The Bertz CT molecular complexity index is 283. The number of nitrogens with zero attached hydrogens (tertiary/aromatic N) is 1. The molecule has 98 valence electrons. The van der Waals surface area contributed by atoms with E-state index in [1.54, 1.807) is 4.90 Å². The lowest BCUT2D eigenvalue weighted by molar-refractivity contribution is -0.142. The van der Waals surface area contributed by atoms with Gasteiger partial charge in [-0.3, -0.25) is 4.79 Å². The molecule has 0 spiro atoms. The Morgan fingerprint density at radius 3 is 2.65 bits per heavy atom. The van der Waals surface area contributed by atoms with Crippen molar-refractivity contribution in [1.82, 2.24) is 10.2 Å². The third kappa shape index (κ3) is 3.59. The number of ether oxygens (including phenoxy) is 1. The van der Waals surface area contributed by atoms with Gasteiger partial charge in [0.05, 0.1) is 19.3 Å². The minimum absolute atomic E-state index is 0.167. The second kappa shape index (κ2) is 6.44. The third-order valence-corrected chi connectivity index (χ3v) is 2.87. The number of urea groups is 1. The molecule has 1 fully saturated rings. The van der Waals surface area contributed by atoms with Gasteiger partial charge in [-0.25, -0.2) is 4.79 Å². The number of hydrogen-bond donors (Lipinski definition) is 2. The molecule has 1 saturated heterocycles. The highest BCUT2D eigenvalue weighted by molar-refractivity contribution is 5.77. The van der Waals surface area contributed by atoms with Crippen molar-refractivity contribution in [3.8, 4) is 0 Å². The summed E-state index contributed by atoms with van der Waals surface area (Å²) in [6.45, 7) is 5.62. The van der Waals surface area contributed by atoms with E-state index in [1.807, 2.05) is 13.8 Å². The number of carboxylic acids is 1. The molecule has 1 rings (SSSR count). The van der Waals surface area contributed by atoms with Crippen LogP contribution in [0.4, 0.5) is 4.79 Å². The molecule has 2 unspecified atom stereocenters. The molecule has 2 N–H and O–H groups in total. The van der Waals surface area contributed by atoms with Crippen LogP contribution in [0.25, 0.3) is 0 Å². The minimum Gasteiger partial charge on any atom is -0.481 e. The number of aliphatic carboxylic acids is 1. The molecule has 0 aliphatic carbocycles. The highest BCUT2D eigenvalue weighted by Gasteiger charge is 2.35. The molecule has 1 aliphatic rings. The summed E-state index contributed by atoms with van der Waals surface area (Å²) in [5, 5.41) is 11.7. The highest BCUT2D eigenvalue weighted by Crippen LogP contribution is 2.14. The zero-order chi connectivity index (χ0) is 12.8. The predicted octanol–water partition coefficient (Wildman–Crippen LogP) is 0.527. The van der Waals surface area contributed by atoms with Gasteiger partial charge < -0.3 is 20.1 Å². The summed E-state index contributed by atoms with van der Waals surface area (Å²) in [6.07, 6.45) is 0.880. The maximum atomic E-state index is 11.9. The molecule has 2 atom stereocenters. The molecule has 1 aliphatic heterocycles. The minimum atomic E-state index is -0.925. The van der Waals surface area contributed by atoms with Crippen LogP contribution >= 0.6 is 0 Å². The van der Waals surface area contributed by atoms with Crippen molar-refractivity contribution in [2.24, 2.45) is 5.92 Å². The van der Waals surface area contributed by atoms with Gasteiger partial charge >= 0.3 is 12.0 Å². The van der Waals surface area contributed by atoms with Crippen molar-refractivity contribution in [2.45, 2.75) is 26.3 Å². The SMILES string of the molecule is CCCN(CC)C(=O)NC1COCC1C(=O)O. The van der Waals surface area contributed by atoms with E-state index in [4.69, 9.17) is 9.84 Å². The van der Waals surface area contributed by atoms with Crippen LogP contribution in [0.15, 0.2) is 0 Å². The molecular formula is C11H20N2O4. The Labute approximate surface area is 101 Å². The lowest BCUT2D eigenvalue weighted by Crippen LogP contribution is -2.49. The van der Waals surface area contributed by atoms with Crippen molar-refractivity contribution in [3.63, 3.8) is 0 Å². The van der Waals surface area contributed by atoms with Gasteiger partial charge in [-0.15, -0.1) is 0 Å². The quantitative estimate of drug-likeness (QED) is 0.739. The van der Waals surface area contributed by atoms with E-state index >= 15 is 0 Å². The first-order chi connectivity index (χ1) is 8.10. The second-order valence-electron chi connectivity index (χ2n) is 4.12. The zero-order valence-electron chi connectivity index (χ0n) is 10.3. The molecule has 6 nitrogen and oxygen atoms in total. The average molecular weight is 244 g/mol. The lowest BCUT2D eigenvalue weighted by Gasteiger charge is -2.24. The van der Waals surface area contributed by atoms with E-state index in [2.05, 4.69) is 5.32 Å². The second-order valence-corrected chi connectivity index (χ2v) is 4.12. The van der Waals surface area contributed by atoms with Gasteiger partial charge in [0.15, 0.2) is 0 Å². The predicted molar refractivity (Wildman–Crippen MR) is 61.8 cm³/mol. The molecule has 0 radical (unpaired) electrons. The monoisotopic (exact) mass is 244 g/mol. The van der Waals surface area contributed by atoms with Crippen LogP contribution in [-0.4, -0.2) is 54.4 Å². The van der Waals surface area contributed by atoms with E-state index in [9.17, 15) is 9.59 Å². The number of hydrogen-bond acceptors (Lipinski definition) is 3. The number of carbonyl (C=O) groups excluding carboxylic acids is 1. The van der Waals surface area contributed by atoms with E-state index in [1.165, 1.54) is 0 Å². The fourth-order valence-electron chi connectivity index (χ4n) is 1.86. The van der Waals surface area contributed by atoms with Gasteiger partial charge in [-0.05, 0) is 13.3 Å². The topological polar surface area (TPSA) is 78.9 Å². The maximum absolute atomic E-state index is 11.9. The fraction of sp³-hybridized carbons (Fsp3) is 0.818. The maximum Gasteiger partial charge on any atom is 0.317 e. The molecule has 0 aromatic rings. The van der Waals surface area contributed by atoms with Gasteiger partial charge in [-0.1, -0.05) is 6.92 Å². The summed E-state index contributed by atoms with van der Waals surface area (Å²) in [7, 11) is 0. The first kappa shape index (κ1) is 13.8. The van der Waals surface area contributed by atoms with Crippen LogP contribution in [0.3, 0.4) is 0 Å². The van der Waals surface area contributed by atoms with Crippen molar-refractivity contribution in [1.29, 1.82) is 0 Å². The van der Waals surface area contributed by atoms with Gasteiger partial charge in [-0.2, -0.15) is 0 Å². The van der Waals surface area contributed by atoms with Crippen LogP contribution in [0.2, 0.25) is 0 Å². The first-order valence-corrected chi connectivity index (χ1v) is 5.96. The molecule has 17 heavy (non-hydrogen) atoms. The summed E-state index contributed by atoms with van der Waals surface area (Å²) >= 11 is 0. The van der Waals surface area contributed by atoms with Crippen molar-refractivity contribution >= 4 is 12.0 Å².